The topological polar surface area (TPSA) is 154 Å². The first-order valence-electron chi connectivity index (χ1n) is 10.4. The third kappa shape index (κ3) is 6.23. The van der Waals surface area contributed by atoms with E-state index in [0.29, 0.717) is 34.4 Å². The zero-order valence-electron chi connectivity index (χ0n) is 18.1. The van der Waals surface area contributed by atoms with Gasteiger partial charge in [-0.05, 0) is 29.8 Å². The van der Waals surface area contributed by atoms with Crippen molar-refractivity contribution in [3.8, 4) is 11.6 Å². The standard InChI is InChI=1S/C21H22F2N6O5S/c22-21(23)34-20-17-5-4-15(9-18(17)27-28-20)33-7-6-24-12-19(30)13-2-1-3-14(8-13)29-35(31,32)16-10-25-26-11-16/h1-5,8-11,19,21,24,29-30H,6-7,12H2,(H,25,26)(H,27,28). The summed E-state index contributed by atoms with van der Waals surface area (Å²) in [7, 11) is -3.79. The number of aliphatic hydroxyl groups excluding tert-OH is 1. The Hall–Kier alpha value is -3.75. The Morgan fingerprint density at radius 3 is 2.80 bits per heavy atom. The SMILES string of the molecule is O=S(=O)(Nc1cccc(C(O)CNCCOc2ccc3c(OC(F)F)n[nH]c3c2)c1)c1cn[nH]c1. The van der Waals surface area contributed by atoms with Crippen molar-refractivity contribution in [3.05, 3.63) is 60.4 Å². The minimum Gasteiger partial charge on any atom is -0.492 e. The molecule has 5 N–H and O–H groups in total. The first kappa shape index (κ1) is 24.4. The Kier molecular flexibility index (Phi) is 7.43. The predicted molar refractivity (Wildman–Crippen MR) is 122 cm³/mol. The maximum atomic E-state index is 12.4. The summed E-state index contributed by atoms with van der Waals surface area (Å²) in [6.45, 7) is -2.08. The lowest BCUT2D eigenvalue weighted by Crippen LogP contribution is -2.26. The fourth-order valence-electron chi connectivity index (χ4n) is 3.24. The normalized spacial score (nSPS) is 12.7. The van der Waals surface area contributed by atoms with E-state index in [1.54, 1.807) is 42.5 Å². The quantitative estimate of drug-likeness (QED) is 0.183. The van der Waals surface area contributed by atoms with Crippen LogP contribution in [0.5, 0.6) is 11.6 Å². The molecule has 0 fully saturated rings. The Balaban J connectivity index is 1.24. The van der Waals surface area contributed by atoms with Crippen molar-refractivity contribution in [2.24, 2.45) is 0 Å². The second-order valence-corrected chi connectivity index (χ2v) is 9.03. The maximum Gasteiger partial charge on any atom is 0.388 e. The lowest BCUT2D eigenvalue weighted by Gasteiger charge is -2.14. The number of H-pyrrole nitrogens is 2. The summed E-state index contributed by atoms with van der Waals surface area (Å²) >= 11 is 0. The van der Waals surface area contributed by atoms with Crippen molar-refractivity contribution in [1.29, 1.82) is 0 Å². The predicted octanol–water partition coefficient (Wildman–Crippen LogP) is 2.39. The first-order valence-corrected chi connectivity index (χ1v) is 11.9. The zero-order chi connectivity index (χ0) is 24.8. The van der Waals surface area contributed by atoms with E-state index < -0.39 is 22.7 Å². The van der Waals surface area contributed by atoms with Gasteiger partial charge in [-0.25, -0.2) is 8.42 Å². The Morgan fingerprint density at radius 2 is 2.03 bits per heavy atom. The van der Waals surface area contributed by atoms with Gasteiger partial charge in [0.2, 0.25) is 5.88 Å². The number of hydrogen-bond acceptors (Lipinski definition) is 8. The molecular weight excluding hydrogens is 486 g/mol. The van der Waals surface area contributed by atoms with Crippen LogP contribution in [0.4, 0.5) is 14.5 Å². The van der Waals surface area contributed by atoms with Crippen LogP contribution in [0.1, 0.15) is 11.7 Å². The van der Waals surface area contributed by atoms with Crippen LogP contribution < -0.4 is 19.5 Å². The van der Waals surface area contributed by atoms with Crippen LogP contribution in [0, 0.1) is 0 Å². The van der Waals surface area contributed by atoms with Gasteiger partial charge in [-0.3, -0.25) is 14.9 Å². The van der Waals surface area contributed by atoms with Gasteiger partial charge in [0, 0.05) is 31.0 Å². The molecule has 2 heterocycles. The second-order valence-electron chi connectivity index (χ2n) is 7.35. The highest BCUT2D eigenvalue weighted by atomic mass is 32.2. The molecular formula is C21H22F2N6O5S. The first-order chi connectivity index (χ1) is 16.8. The summed E-state index contributed by atoms with van der Waals surface area (Å²) < 4.78 is 61.8. The van der Waals surface area contributed by atoms with Gasteiger partial charge in [0.25, 0.3) is 10.0 Å². The van der Waals surface area contributed by atoms with E-state index in [1.807, 2.05) is 0 Å². The summed E-state index contributed by atoms with van der Waals surface area (Å²) in [4.78, 5) is -0.00118. The molecule has 2 aromatic carbocycles. The lowest BCUT2D eigenvalue weighted by atomic mass is 10.1. The molecule has 11 nitrogen and oxygen atoms in total. The van der Waals surface area contributed by atoms with Crippen LogP contribution >= 0.6 is 0 Å². The van der Waals surface area contributed by atoms with Crippen LogP contribution in [0.2, 0.25) is 0 Å². The Morgan fingerprint density at radius 1 is 1.17 bits per heavy atom. The van der Waals surface area contributed by atoms with Crippen molar-refractivity contribution in [3.63, 3.8) is 0 Å². The molecule has 0 aliphatic carbocycles. The monoisotopic (exact) mass is 508 g/mol. The van der Waals surface area contributed by atoms with Gasteiger partial charge in [-0.1, -0.05) is 12.1 Å². The molecule has 0 aliphatic heterocycles. The number of aliphatic hydroxyl groups is 1. The van der Waals surface area contributed by atoms with Crippen LogP contribution in [0.3, 0.4) is 0 Å². The number of halogens is 2. The smallest absolute Gasteiger partial charge is 0.388 e. The van der Waals surface area contributed by atoms with Gasteiger partial charge in [-0.15, -0.1) is 5.10 Å². The number of rotatable bonds is 12. The van der Waals surface area contributed by atoms with E-state index in [-0.39, 0.29) is 23.9 Å². The molecule has 1 unspecified atom stereocenters. The fourth-order valence-corrected chi connectivity index (χ4v) is 4.20. The van der Waals surface area contributed by atoms with Crippen molar-refractivity contribution >= 4 is 26.6 Å². The summed E-state index contributed by atoms with van der Waals surface area (Å²) in [5, 5.41) is 26.3. The molecule has 0 spiro atoms. The number of aromatic nitrogens is 4. The number of anilines is 1. The van der Waals surface area contributed by atoms with Crippen molar-refractivity contribution in [2.45, 2.75) is 17.6 Å². The summed E-state index contributed by atoms with van der Waals surface area (Å²) in [6.07, 6.45) is 1.57. The number of alkyl halides is 2. The third-order valence-electron chi connectivity index (χ3n) is 4.89. The maximum absolute atomic E-state index is 12.4. The fraction of sp³-hybridized carbons (Fsp3) is 0.238. The Bertz CT molecular complexity index is 1360. The molecule has 0 radical (unpaired) electrons. The van der Waals surface area contributed by atoms with Crippen LogP contribution in [0.15, 0.2) is 59.8 Å². The largest absolute Gasteiger partial charge is 0.492 e. The molecule has 0 amide bonds. The molecule has 0 saturated heterocycles. The van der Waals surface area contributed by atoms with E-state index in [4.69, 9.17) is 4.74 Å². The van der Waals surface area contributed by atoms with E-state index in [0.717, 1.165) is 0 Å². The molecule has 2 aromatic heterocycles. The van der Waals surface area contributed by atoms with Crippen LogP contribution in [-0.2, 0) is 10.0 Å². The minimum atomic E-state index is -3.79. The number of nitrogens with zero attached hydrogens (tertiary/aromatic N) is 2. The number of fused-ring (bicyclic) bond motifs is 1. The van der Waals surface area contributed by atoms with E-state index in [9.17, 15) is 22.3 Å². The summed E-state index contributed by atoms with van der Waals surface area (Å²) in [5.74, 6) is 0.320. The molecule has 4 aromatic rings. The molecule has 1 atom stereocenters. The molecule has 0 saturated carbocycles. The number of sulfonamides is 1. The molecule has 0 aliphatic rings. The molecule has 14 heteroatoms. The number of hydrogen-bond donors (Lipinski definition) is 5. The molecule has 4 rings (SSSR count). The number of aromatic amines is 2. The van der Waals surface area contributed by atoms with Crippen molar-refractivity contribution in [1.82, 2.24) is 25.7 Å². The van der Waals surface area contributed by atoms with Crippen molar-refractivity contribution < 1.29 is 31.8 Å². The van der Waals surface area contributed by atoms with E-state index >= 15 is 0 Å². The lowest BCUT2D eigenvalue weighted by molar-refractivity contribution is -0.0518. The Labute approximate surface area is 198 Å². The third-order valence-corrected chi connectivity index (χ3v) is 6.24. The molecule has 35 heavy (non-hydrogen) atoms. The van der Waals surface area contributed by atoms with Crippen LogP contribution in [0.25, 0.3) is 10.9 Å². The van der Waals surface area contributed by atoms with Crippen LogP contribution in [-0.4, -0.2) is 60.2 Å². The highest BCUT2D eigenvalue weighted by Gasteiger charge is 2.16. The van der Waals surface area contributed by atoms with Gasteiger partial charge in [0.05, 0.1) is 23.2 Å². The van der Waals surface area contributed by atoms with Crippen molar-refractivity contribution in [2.75, 3.05) is 24.4 Å². The summed E-state index contributed by atoms with van der Waals surface area (Å²) in [6, 6.07) is 11.2. The van der Waals surface area contributed by atoms with Gasteiger partial charge < -0.3 is 19.9 Å². The van der Waals surface area contributed by atoms with E-state index in [2.05, 4.69) is 35.2 Å². The highest BCUT2D eigenvalue weighted by molar-refractivity contribution is 7.92. The van der Waals surface area contributed by atoms with Gasteiger partial charge in [0.15, 0.2) is 0 Å². The zero-order valence-corrected chi connectivity index (χ0v) is 18.9. The average Bonchev–Trinajstić information content (AvgIpc) is 3.49. The second kappa shape index (κ2) is 10.7. The van der Waals surface area contributed by atoms with E-state index in [1.165, 1.54) is 12.4 Å². The van der Waals surface area contributed by atoms with Gasteiger partial charge >= 0.3 is 6.61 Å². The minimum absolute atomic E-state index is 0.00118. The number of benzene rings is 2. The average molecular weight is 509 g/mol. The highest BCUT2D eigenvalue weighted by Crippen LogP contribution is 2.27. The van der Waals surface area contributed by atoms with Gasteiger partial charge in [0.1, 0.15) is 17.3 Å². The summed E-state index contributed by atoms with van der Waals surface area (Å²) in [5.41, 5.74) is 1.32. The van der Waals surface area contributed by atoms with Gasteiger partial charge in [-0.2, -0.15) is 13.9 Å². The molecule has 0 bridgehead atoms. The molecule has 186 valence electrons. The number of nitrogens with one attached hydrogen (secondary N) is 4. The number of ether oxygens (including phenoxy) is 2.